The molecular formula is C17H23N5O4. The van der Waals surface area contributed by atoms with Crippen LogP contribution in [0.4, 0.5) is 0 Å². The number of aromatic nitrogens is 4. The van der Waals surface area contributed by atoms with Crippen LogP contribution in [0.25, 0.3) is 0 Å². The van der Waals surface area contributed by atoms with Gasteiger partial charge in [0.05, 0.1) is 0 Å². The maximum Gasteiger partial charge on any atom is 0.345 e. The van der Waals surface area contributed by atoms with Crippen LogP contribution in [-0.4, -0.2) is 39.2 Å². The summed E-state index contributed by atoms with van der Waals surface area (Å²) < 4.78 is 10.8. The zero-order valence-electron chi connectivity index (χ0n) is 15.1. The van der Waals surface area contributed by atoms with Gasteiger partial charge >= 0.3 is 5.69 Å². The van der Waals surface area contributed by atoms with Crippen LogP contribution < -0.4 is 11.0 Å². The van der Waals surface area contributed by atoms with Crippen molar-refractivity contribution in [3.63, 3.8) is 0 Å². The second-order valence-corrected chi connectivity index (χ2v) is 6.80. The summed E-state index contributed by atoms with van der Waals surface area (Å²) in [4.78, 5) is 34.9. The Morgan fingerprint density at radius 3 is 2.65 bits per heavy atom. The average molecular weight is 361 g/mol. The molecule has 1 aliphatic heterocycles. The molecule has 9 heteroatoms. The van der Waals surface area contributed by atoms with Crippen LogP contribution in [0, 0.1) is 12.8 Å². The summed E-state index contributed by atoms with van der Waals surface area (Å²) in [6.45, 7) is 6.87. The van der Waals surface area contributed by atoms with Crippen molar-refractivity contribution in [2.24, 2.45) is 5.92 Å². The first-order valence-corrected chi connectivity index (χ1v) is 8.74. The van der Waals surface area contributed by atoms with Gasteiger partial charge in [-0.15, -0.1) is 0 Å². The first kappa shape index (κ1) is 18.2. The number of rotatable bonds is 5. The lowest BCUT2D eigenvalue weighted by Gasteiger charge is -2.28. The Hall–Kier alpha value is -2.55. The van der Waals surface area contributed by atoms with E-state index >= 15 is 0 Å². The molecule has 0 aliphatic carbocycles. The second-order valence-electron chi connectivity index (χ2n) is 6.80. The molecule has 3 rings (SSSR count). The van der Waals surface area contributed by atoms with Crippen molar-refractivity contribution in [3.05, 3.63) is 39.7 Å². The topological polar surface area (TPSA) is 123 Å². The molecule has 0 aromatic carbocycles. The van der Waals surface area contributed by atoms with Gasteiger partial charge in [-0.2, -0.15) is 9.97 Å². The van der Waals surface area contributed by atoms with Crippen LogP contribution >= 0.6 is 0 Å². The number of hydrogen-bond donors (Lipinski definition) is 2. The zero-order valence-corrected chi connectivity index (χ0v) is 15.1. The molecule has 26 heavy (non-hydrogen) atoms. The standard InChI is InChI=1S/C17H23N5O4/c1-9(2)14-21-16(26-22-14)13(11-4-6-25-7-5-11)20-15(23)12-8-10(3)18-17(24)19-12/h8-9,11,13H,4-7H2,1-3H3,(H,20,23)(H,18,19,24)/t13-/m1/s1. The molecule has 1 aliphatic rings. The molecule has 0 spiro atoms. The number of aryl methyl sites for hydroxylation is 1. The van der Waals surface area contributed by atoms with Crippen LogP contribution in [0.5, 0.6) is 0 Å². The molecule has 1 saturated heterocycles. The number of H-pyrrole nitrogens is 1. The van der Waals surface area contributed by atoms with Crippen LogP contribution in [0.15, 0.2) is 15.4 Å². The summed E-state index contributed by atoms with van der Waals surface area (Å²) in [5, 5.41) is 6.92. The SMILES string of the molecule is Cc1cc(C(=O)N[C@@H](c2nc(C(C)C)no2)C2CCOCC2)nc(=O)[nH]1. The van der Waals surface area contributed by atoms with E-state index in [1.165, 1.54) is 6.07 Å². The maximum atomic E-state index is 12.7. The lowest BCUT2D eigenvalue weighted by atomic mass is 9.91. The lowest BCUT2D eigenvalue weighted by molar-refractivity contribution is 0.0467. The van der Waals surface area contributed by atoms with Crippen LogP contribution in [0.1, 0.15) is 66.5 Å². The van der Waals surface area contributed by atoms with E-state index in [-0.39, 0.29) is 17.5 Å². The number of hydrogen-bond acceptors (Lipinski definition) is 7. The van der Waals surface area contributed by atoms with Crippen molar-refractivity contribution < 1.29 is 14.1 Å². The highest BCUT2D eigenvalue weighted by Gasteiger charge is 2.32. The Balaban J connectivity index is 1.86. The second kappa shape index (κ2) is 7.77. The maximum absolute atomic E-state index is 12.7. The fourth-order valence-corrected chi connectivity index (χ4v) is 2.95. The van der Waals surface area contributed by atoms with Crippen LogP contribution in [0.3, 0.4) is 0 Å². The highest BCUT2D eigenvalue weighted by molar-refractivity contribution is 5.92. The average Bonchev–Trinajstić information content (AvgIpc) is 3.09. The quantitative estimate of drug-likeness (QED) is 0.827. The summed E-state index contributed by atoms with van der Waals surface area (Å²) in [6, 6.07) is 1.08. The van der Waals surface area contributed by atoms with Crippen molar-refractivity contribution >= 4 is 5.91 Å². The summed E-state index contributed by atoms with van der Waals surface area (Å²) in [5.74, 6) is 0.749. The molecule has 2 N–H and O–H groups in total. The third-order valence-corrected chi connectivity index (χ3v) is 4.38. The molecule has 3 heterocycles. The van der Waals surface area contributed by atoms with E-state index in [1.807, 2.05) is 13.8 Å². The van der Waals surface area contributed by atoms with Gasteiger partial charge in [0, 0.05) is 24.8 Å². The van der Waals surface area contributed by atoms with Gasteiger partial charge in [0.2, 0.25) is 5.89 Å². The fourth-order valence-electron chi connectivity index (χ4n) is 2.95. The molecule has 0 unspecified atom stereocenters. The third-order valence-electron chi connectivity index (χ3n) is 4.38. The van der Waals surface area contributed by atoms with Gasteiger partial charge in [-0.05, 0) is 31.7 Å². The number of ether oxygens (including phenoxy) is 1. The van der Waals surface area contributed by atoms with Crippen molar-refractivity contribution in [3.8, 4) is 0 Å². The van der Waals surface area contributed by atoms with Gasteiger partial charge in [0.1, 0.15) is 11.7 Å². The molecule has 9 nitrogen and oxygen atoms in total. The Kier molecular flexibility index (Phi) is 5.46. The Morgan fingerprint density at radius 1 is 1.31 bits per heavy atom. The highest BCUT2D eigenvalue weighted by Crippen LogP contribution is 2.30. The van der Waals surface area contributed by atoms with Crippen molar-refractivity contribution in [2.75, 3.05) is 13.2 Å². The fraction of sp³-hybridized carbons (Fsp3) is 0.588. The molecule has 2 aromatic heterocycles. The largest absolute Gasteiger partial charge is 0.381 e. The van der Waals surface area contributed by atoms with Crippen molar-refractivity contribution in [1.29, 1.82) is 0 Å². The van der Waals surface area contributed by atoms with Gasteiger partial charge in [0.25, 0.3) is 5.91 Å². The van der Waals surface area contributed by atoms with E-state index in [2.05, 4.69) is 25.4 Å². The zero-order chi connectivity index (χ0) is 18.7. The number of nitrogens with one attached hydrogen (secondary N) is 2. The highest BCUT2D eigenvalue weighted by atomic mass is 16.5. The molecule has 1 amide bonds. The summed E-state index contributed by atoms with van der Waals surface area (Å²) in [5.41, 5.74) is 0.0715. The number of aromatic amines is 1. The van der Waals surface area contributed by atoms with Gasteiger partial charge in [-0.1, -0.05) is 19.0 Å². The predicted molar refractivity (Wildman–Crippen MR) is 91.7 cm³/mol. The molecule has 1 atom stereocenters. The molecule has 2 aromatic rings. The summed E-state index contributed by atoms with van der Waals surface area (Å²) in [6.07, 6.45) is 1.54. The third kappa shape index (κ3) is 4.16. The molecule has 0 radical (unpaired) electrons. The van der Waals surface area contributed by atoms with Gasteiger partial charge in [0.15, 0.2) is 5.82 Å². The Labute approximate surface area is 150 Å². The van der Waals surface area contributed by atoms with Crippen molar-refractivity contribution in [1.82, 2.24) is 25.4 Å². The number of carbonyl (C=O) groups is 1. The van der Waals surface area contributed by atoms with E-state index in [0.29, 0.717) is 30.6 Å². The van der Waals surface area contributed by atoms with E-state index in [0.717, 1.165) is 12.8 Å². The van der Waals surface area contributed by atoms with E-state index in [1.54, 1.807) is 6.92 Å². The number of carbonyl (C=O) groups excluding carboxylic acids is 1. The summed E-state index contributed by atoms with van der Waals surface area (Å²) in [7, 11) is 0. The first-order chi connectivity index (χ1) is 12.4. The van der Waals surface area contributed by atoms with Crippen molar-refractivity contribution in [2.45, 2.75) is 45.6 Å². The molecule has 0 bridgehead atoms. The number of amides is 1. The monoisotopic (exact) mass is 361 g/mol. The first-order valence-electron chi connectivity index (χ1n) is 8.74. The minimum atomic E-state index is -0.558. The van der Waals surface area contributed by atoms with E-state index in [9.17, 15) is 9.59 Å². The molecule has 1 fully saturated rings. The van der Waals surface area contributed by atoms with Gasteiger partial charge in [-0.3, -0.25) is 4.79 Å². The molecule has 140 valence electrons. The minimum Gasteiger partial charge on any atom is -0.381 e. The lowest BCUT2D eigenvalue weighted by Crippen LogP contribution is -2.37. The Bertz CT molecular complexity index is 823. The van der Waals surface area contributed by atoms with Crippen LogP contribution in [-0.2, 0) is 4.74 Å². The normalized spacial score (nSPS) is 16.6. The smallest absolute Gasteiger partial charge is 0.345 e. The van der Waals surface area contributed by atoms with Gasteiger partial charge < -0.3 is 19.6 Å². The van der Waals surface area contributed by atoms with E-state index < -0.39 is 17.6 Å². The number of nitrogens with zero attached hydrogens (tertiary/aromatic N) is 3. The Morgan fingerprint density at radius 2 is 2.04 bits per heavy atom. The molecule has 0 saturated carbocycles. The summed E-state index contributed by atoms with van der Waals surface area (Å²) >= 11 is 0. The predicted octanol–water partition coefficient (Wildman–Crippen LogP) is 1.48. The minimum absolute atomic E-state index is 0.0620. The van der Waals surface area contributed by atoms with E-state index in [4.69, 9.17) is 9.26 Å². The molecular weight excluding hydrogens is 338 g/mol. The van der Waals surface area contributed by atoms with Crippen LogP contribution in [0.2, 0.25) is 0 Å². The van der Waals surface area contributed by atoms with Gasteiger partial charge in [-0.25, -0.2) is 4.79 Å².